The van der Waals surface area contributed by atoms with Crippen LogP contribution < -0.4 is 5.32 Å². The fraction of sp³-hybridized carbons (Fsp3) is 0.105. The highest BCUT2D eigenvalue weighted by Gasteiger charge is 2.44. The Labute approximate surface area is 151 Å². The fourth-order valence-electron chi connectivity index (χ4n) is 3.45. The molecule has 124 valence electrons. The van der Waals surface area contributed by atoms with E-state index in [1.807, 2.05) is 6.07 Å². The molecule has 0 bridgehead atoms. The molecule has 2 aromatic carbocycles. The summed E-state index contributed by atoms with van der Waals surface area (Å²) in [6.07, 6.45) is 0. The first-order valence-corrected chi connectivity index (χ1v) is 9.53. The Kier molecular flexibility index (Phi) is 3.50. The Hall–Kier alpha value is -2.55. The molecule has 1 N–H and O–H groups in total. The lowest BCUT2D eigenvalue weighted by Crippen LogP contribution is -2.24. The zero-order valence-electron chi connectivity index (χ0n) is 13.2. The standard InChI is InChI=1S/C19H13ClN2O2S/c1-11-15(10-21)17(12-6-8-13(20)9-7-12)19-18(22-11)14-4-2-3-5-16(14)25(19,23)24/h2-9,17,22H,1H3. The Morgan fingerprint density at radius 2 is 1.80 bits per heavy atom. The quantitative estimate of drug-likeness (QED) is 0.826. The van der Waals surface area contributed by atoms with Gasteiger partial charge in [-0.1, -0.05) is 41.9 Å². The van der Waals surface area contributed by atoms with Crippen LogP contribution in [0.2, 0.25) is 5.02 Å². The maximum Gasteiger partial charge on any atom is 0.206 e. The van der Waals surface area contributed by atoms with Crippen LogP contribution in [0.15, 0.2) is 69.6 Å². The van der Waals surface area contributed by atoms with E-state index in [0.29, 0.717) is 27.6 Å². The molecule has 0 aliphatic carbocycles. The number of allylic oxidation sites excluding steroid dienone is 3. The van der Waals surface area contributed by atoms with Crippen LogP contribution in [0.3, 0.4) is 0 Å². The minimum atomic E-state index is -3.68. The monoisotopic (exact) mass is 368 g/mol. The largest absolute Gasteiger partial charge is 0.357 e. The molecule has 0 amide bonds. The molecule has 25 heavy (non-hydrogen) atoms. The van der Waals surface area contributed by atoms with Crippen molar-refractivity contribution in [2.75, 3.05) is 0 Å². The van der Waals surface area contributed by atoms with Crippen molar-refractivity contribution in [3.63, 3.8) is 0 Å². The van der Waals surface area contributed by atoms with Gasteiger partial charge in [0.15, 0.2) is 0 Å². The summed E-state index contributed by atoms with van der Waals surface area (Å²) in [5, 5.41) is 13.4. The number of nitriles is 1. The highest BCUT2D eigenvalue weighted by molar-refractivity contribution is 7.96. The molecule has 0 radical (unpaired) electrons. The Morgan fingerprint density at radius 1 is 1.12 bits per heavy atom. The molecule has 6 heteroatoms. The SMILES string of the molecule is CC1=C(C#N)C(c2ccc(Cl)cc2)C2=C(N1)c1ccccc1S2(=O)=O. The summed E-state index contributed by atoms with van der Waals surface area (Å²) in [5.41, 5.74) is 3.00. The van der Waals surface area contributed by atoms with Crippen molar-refractivity contribution >= 4 is 27.1 Å². The van der Waals surface area contributed by atoms with Crippen LogP contribution >= 0.6 is 11.6 Å². The molecule has 2 heterocycles. The van der Waals surface area contributed by atoms with Gasteiger partial charge >= 0.3 is 0 Å². The number of rotatable bonds is 1. The smallest absolute Gasteiger partial charge is 0.206 e. The summed E-state index contributed by atoms with van der Waals surface area (Å²) in [6.45, 7) is 1.79. The molecular weight excluding hydrogens is 356 g/mol. The molecule has 2 aliphatic rings. The van der Waals surface area contributed by atoms with Crippen LogP contribution in [0.1, 0.15) is 24.0 Å². The number of nitrogens with one attached hydrogen (secondary N) is 1. The van der Waals surface area contributed by atoms with Gasteiger partial charge in [-0.15, -0.1) is 0 Å². The van der Waals surface area contributed by atoms with Crippen molar-refractivity contribution in [3.05, 3.63) is 80.9 Å². The van der Waals surface area contributed by atoms with E-state index in [9.17, 15) is 13.7 Å². The third-order valence-corrected chi connectivity index (χ3v) is 6.78. The van der Waals surface area contributed by atoms with Gasteiger partial charge in [-0.3, -0.25) is 0 Å². The Balaban J connectivity index is 2.02. The van der Waals surface area contributed by atoms with E-state index in [-0.39, 0.29) is 9.80 Å². The molecule has 2 aromatic rings. The van der Waals surface area contributed by atoms with Crippen molar-refractivity contribution in [1.29, 1.82) is 5.26 Å². The molecule has 4 rings (SSSR count). The summed E-state index contributed by atoms with van der Waals surface area (Å²) in [7, 11) is -3.68. The van der Waals surface area contributed by atoms with Crippen molar-refractivity contribution in [2.45, 2.75) is 17.7 Å². The molecular formula is C19H13ClN2O2S. The van der Waals surface area contributed by atoms with Crippen LogP contribution in [0, 0.1) is 11.3 Å². The number of hydrogen-bond donors (Lipinski definition) is 1. The average molecular weight is 369 g/mol. The van der Waals surface area contributed by atoms with E-state index in [2.05, 4.69) is 11.4 Å². The average Bonchev–Trinajstić information content (AvgIpc) is 2.82. The number of benzene rings is 2. The minimum absolute atomic E-state index is 0.234. The van der Waals surface area contributed by atoms with Gasteiger partial charge in [0.2, 0.25) is 9.84 Å². The Bertz CT molecular complexity index is 1110. The van der Waals surface area contributed by atoms with Gasteiger partial charge in [0, 0.05) is 16.3 Å². The summed E-state index contributed by atoms with van der Waals surface area (Å²) < 4.78 is 26.4. The number of sulfone groups is 1. The number of halogens is 1. The number of fused-ring (bicyclic) bond motifs is 2. The molecule has 4 nitrogen and oxygen atoms in total. The van der Waals surface area contributed by atoms with Gasteiger partial charge in [-0.25, -0.2) is 8.42 Å². The first-order chi connectivity index (χ1) is 11.9. The van der Waals surface area contributed by atoms with Crippen molar-refractivity contribution in [3.8, 4) is 6.07 Å². The van der Waals surface area contributed by atoms with Gasteiger partial charge < -0.3 is 5.32 Å². The summed E-state index contributed by atoms with van der Waals surface area (Å²) in [6, 6.07) is 16.0. The zero-order chi connectivity index (χ0) is 17.8. The molecule has 2 aliphatic heterocycles. The summed E-state index contributed by atoms with van der Waals surface area (Å²) in [5.74, 6) is -0.643. The van der Waals surface area contributed by atoms with E-state index in [4.69, 9.17) is 11.6 Å². The summed E-state index contributed by atoms with van der Waals surface area (Å²) in [4.78, 5) is 0.511. The molecule has 1 unspecified atom stereocenters. The van der Waals surface area contributed by atoms with E-state index < -0.39 is 15.8 Å². The van der Waals surface area contributed by atoms with E-state index in [0.717, 1.165) is 5.56 Å². The number of dihydropyridines is 1. The second-order valence-electron chi connectivity index (χ2n) is 6.00. The van der Waals surface area contributed by atoms with Gasteiger partial charge in [-0.05, 0) is 30.7 Å². The second-order valence-corrected chi connectivity index (χ2v) is 8.32. The third kappa shape index (κ3) is 2.22. The van der Waals surface area contributed by atoms with Crippen molar-refractivity contribution in [2.24, 2.45) is 0 Å². The molecule has 0 spiro atoms. The molecule has 0 fully saturated rings. The predicted molar refractivity (Wildman–Crippen MR) is 96.2 cm³/mol. The highest BCUT2D eigenvalue weighted by atomic mass is 35.5. The van der Waals surface area contributed by atoms with Crippen molar-refractivity contribution < 1.29 is 8.42 Å². The molecule has 0 saturated carbocycles. The van der Waals surface area contributed by atoms with E-state index in [1.54, 1.807) is 49.4 Å². The lowest BCUT2D eigenvalue weighted by Gasteiger charge is -2.26. The normalized spacial score (nSPS) is 20.6. The molecule has 1 atom stereocenters. The van der Waals surface area contributed by atoms with Crippen molar-refractivity contribution in [1.82, 2.24) is 5.32 Å². The van der Waals surface area contributed by atoms with E-state index in [1.165, 1.54) is 0 Å². The van der Waals surface area contributed by atoms with Gasteiger partial charge in [0.25, 0.3) is 0 Å². The topological polar surface area (TPSA) is 70.0 Å². The third-order valence-electron chi connectivity index (χ3n) is 4.57. The van der Waals surface area contributed by atoms with Crippen LogP contribution in [0.4, 0.5) is 0 Å². The highest BCUT2D eigenvalue weighted by Crippen LogP contribution is 2.50. The van der Waals surface area contributed by atoms with Gasteiger partial charge in [0.05, 0.1) is 33.1 Å². The zero-order valence-corrected chi connectivity index (χ0v) is 14.8. The van der Waals surface area contributed by atoms with Gasteiger partial charge in [-0.2, -0.15) is 5.26 Å². The number of nitrogens with zero attached hydrogens (tertiary/aromatic N) is 1. The maximum absolute atomic E-state index is 13.2. The van der Waals surface area contributed by atoms with E-state index >= 15 is 0 Å². The lowest BCUT2D eigenvalue weighted by atomic mass is 9.86. The van der Waals surface area contributed by atoms with Gasteiger partial charge in [0.1, 0.15) is 0 Å². The maximum atomic E-state index is 13.2. The Morgan fingerprint density at radius 3 is 2.48 bits per heavy atom. The van der Waals surface area contributed by atoms with Crippen LogP contribution in [0.25, 0.3) is 5.70 Å². The lowest BCUT2D eigenvalue weighted by molar-refractivity contribution is 0.600. The van der Waals surface area contributed by atoms with Crippen LogP contribution in [0.5, 0.6) is 0 Å². The summed E-state index contributed by atoms with van der Waals surface area (Å²) >= 11 is 5.97. The number of hydrogen-bond acceptors (Lipinski definition) is 4. The molecule has 0 aromatic heterocycles. The first-order valence-electron chi connectivity index (χ1n) is 7.67. The van der Waals surface area contributed by atoms with Crippen LogP contribution in [-0.2, 0) is 9.84 Å². The minimum Gasteiger partial charge on any atom is -0.357 e. The fourth-order valence-corrected chi connectivity index (χ4v) is 5.52. The molecule has 0 saturated heterocycles. The second kappa shape index (κ2) is 5.48. The first kappa shape index (κ1) is 15.9. The predicted octanol–water partition coefficient (Wildman–Crippen LogP) is 3.98. The van der Waals surface area contributed by atoms with Crippen LogP contribution in [-0.4, -0.2) is 8.42 Å².